The Kier molecular flexibility index (Phi) is 5.55. The van der Waals surface area contributed by atoms with E-state index in [0.29, 0.717) is 0 Å². The van der Waals surface area contributed by atoms with Crippen LogP contribution in [0.1, 0.15) is 21.6 Å². The van der Waals surface area contributed by atoms with E-state index in [1.54, 1.807) is 12.1 Å². The smallest absolute Gasteiger partial charge is 0.320 e. The van der Waals surface area contributed by atoms with Crippen molar-refractivity contribution in [1.29, 1.82) is 0 Å². The molecule has 1 aromatic heterocycles. The largest absolute Gasteiger partial charge is 0.346 e. The SMILES string of the molecule is O=C(NCc1cc(F)ccc1F)c1n[nH]n(N=Cc2ccc(Br)cc2)c1=O. The number of aromatic amines is 1. The fraction of sp³-hybridized carbons (Fsp3) is 0.0588. The maximum Gasteiger partial charge on any atom is 0.320 e. The van der Waals surface area contributed by atoms with Gasteiger partial charge in [-0.05, 0) is 35.9 Å². The Labute approximate surface area is 159 Å². The van der Waals surface area contributed by atoms with Crippen LogP contribution in [0.5, 0.6) is 0 Å². The van der Waals surface area contributed by atoms with Crippen molar-refractivity contribution in [3.8, 4) is 0 Å². The number of halogens is 3. The van der Waals surface area contributed by atoms with Crippen LogP contribution in [0.15, 0.2) is 56.8 Å². The number of nitrogens with zero attached hydrogens (tertiary/aromatic N) is 3. The van der Waals surface area contributed by atoms with Gasteiger partial charge in [0, 0.05) is 16.6 Å². The molecule has 3 rings (SSSR count). The van der Waals surface area contributed by atoms with Crippen molar-refractivity contribution in [3.05, 3.63) is 85.7 Å². The van der Waals surface area contributed by atoms with Gasteiger partial charge in [0.15, 0.2) is 0 Å². The number of amides is 1. The standard InChI is InChI=1S/C17H12BrF2N5O2/c18-12-3-1-10(2-4-12)8-22-25-17(27)15(23-24-25)16(26)21-9-11-7-13(19)5-6-14(11)20/h1-8,24H,9H2,(H,21,26). The van der Waals surface area contributed by atoms with Crippen LogP contribution in [-0.4, -0.2) is 27.2 Å². The predicted octanol–water partition coefficient (Wildman–Crippen LogP) is 2.42. The lowest BCUT2D eigenvalue weighted by molar-refractivity contribution is 0.0944. The number of hydrogen-bond acceptors (Lipinski definition) is 4. The van der Waals surface area contributed by atoms with E-state index in [2.05, 4.69) is 36.7 Å². The first-order valence-electron chi connectivity index (χ1n) is 7.63. The van der Waals surface area contributed by atoms with Crippen LogP contribution in [-0.2, 0) is 6.54 Å². The summed E-state index contributed by atoms with van der Waals surface area (Å²) in [6.45, 7) is -0.295. The summed E-state index contributed by atoms with van der Waals surface area (Å²) in [5.41, 5.74) is -0.542. The first kappa shape index (κ1) is 18.6. The summed E-state index contributed by atoms with van der Waals surface area (Å²) >= 11 is 3.31. The molecule has 2 N–H and O–H groups in total. The topological polar surface area (TPSA) is 92.1 Å². The van der Waals surface area contributed by atoms with Gasteiger partial charge in [-0.15, -0.1) is 9.89 Å². The van der Waals surface area contributed by atoms with Crippen molar-refractivity contribution in [2.75, 3.05) is 0 Å². The van der Waals surface area contributed by atoms with Gasteiger partial charge in [-0.25, -0.2) is 8.78 Å². The molecule has 0 aliphatic rings. The van der Waals surface area contributed by atoms with Crippen LogP contribution in [0.4, 0.5) is 8.78 Å². The summed E-state index contributed by atoms with van der Waals surface area (Å²) in [7, 11) is 0. The second-order valence-electron chi connectivity index (χ2n) is 5.39. The number of rotatable bonds is 5. The fourth-order valence-corrected chi connectivity index (χ4v) is 2.39. The Hall–Kier alpha value is -3.14. The van der Waals surface area contributed by atoms with Crippen LogP contribution >= 0.6 is 15.9 Å². The summed E-state index contributed by atoms with van der Waals surface area (Å²) in [5, 5.41) is 12.2. The van der Waals surface area contributed by atoms with Gasteiger partial charge >= 0.3 is 5.56 Å². The van der Waals surface area contributed by atoms with Crippen LogP contribution < -0.4 is 10.9 Å². The maximum atomic E-state index is 13.6. The molecule has 0 fully saturated rings. The van der Waals surface area contributed by atoms with E-state index in [1.807, 2.05) is 12.1 Å². The summed E-state index contributed by atoms with van der Waals surface area (Å²) < 4.78 is 27.6. The van der Waals surface area contributed by atoms with Gasteiger partial charge in [-0.3, -0.25) is 9.59 Å². The average molecular weight is 436 g/mol. The van der Waals surface area contributed by atoms with Crippen molar-refractivity contribution in [3.63, 3.8) is 0 Å². The molecule has 0 saturated heterocycles. The Morgan fingerprint density at radius 3 is 2.74 bits per heavy atom. The molecule has 27 heavy (non-hydrogen) atoms. The van der Waals surface area contributed by atoms with Gasteiger partial charge in [-0.2, -0.15) is 10.3 Å². The molecular weight excluding hydrogens is 424 g/mol. The van der Waals surface area contributed by atoms with Crippen molar-refractivity contribution in [2.24, 2.45) is 5.10 Å². The van der Waals surface area contributed by atoms with Gasteiger partial charge in [0.05, 0.1) is 6.21 Å². The average Bonchev–Trinajstić information content (AvgIpc) is 3.02. The summed E-state index contributed by atoms with van der Waals surface area (Å²) in [4.78, 5) is 25.0. The van der Waals surface area contributed by atoms with Gasteiger partial charge in [-0.1, -0.05) is 28.1 Å². The lowest BCUT2D eigenvalue weighted by atomic mass is 10.2. The summed E-state index contributed by atoms with van der Waals surface area (Å²) in [5.74, 6) is -2.14. The molecule has 3 aromatic rings. The van der Waals surface area contributed by atoms with E-state index < -0.39 is 28.8 Å². The molecule has 0 aliphatic carbocycles. The molecule has 0 radical (unpaired) electrons. The zero-order chi connectivity index (χ0) is 19.4. The highest BCUT2D eigenvalue weighted by Crippen LogP contribution is 2.10. The fourth-order valence-electron chi connectivity index (χ4n) is 2.13. The number of aromatic nitrogens is 3. The number of carbonyl (C=O) groups is 1. The first-order chi connectivity index (χ1) is 12.9. The minimum absolute atomic E-state index is 0.0486. The lowest BCUT2D eigenvalue weighted by Crippen LogP contribution is -2.29. The summed E-state index contributed by atoms with van der Waals surface area (Å²) in [6.07, 6.45) is 1.41. The molecular formula is C17H12BrF2N5O2. The number of benzene rings is 2. The molecule has 0 spiro atoms. The highest BCUT2D eigenvalue weighted by molar-refractivity contribution is 9.10. The van der Waals surface area contributed by atoms with Gasteiger partial charge in [0.25, 0.3) is 5.91 Å². The zero-order valence-corrected chi connectivity index (χ0v) is 15.2. The van der Waals surface area contributed by atoms with Crippen molar-refractivity contribution < 1.29 is 13.6 Å². The molecule has 2 aromatic carbocycles. The highest BCUT2D eigenvalue weighted by Gasteiger charge is 2.17. The van der Waals surface area contributed by atoms with E-state index in [0.717, 1.165) is 33.0 Å². The molecule has 138 valence electrons. The molecule has 10 heteroatoms. The van der Waals surface area contributed by atoms with E-state index in [9.17, 15) is 18.4 Å². The van der Waals surface area contributed by atoms with Crippen LogP contribution in [0, 0.1) is 11.6 Å². The third-order valence-corrected chi connectivity index (χ3v) is 4.03. The Bertz CT molecular complexity index is 1060. The first-order valence-corrected chi connectivity index (χ1v) is 8.43. The van der Waals surface area contributed by atoms with E-state index in [4.69, 9.17) is 0 Å². The Morgan fingerprint density at radius 2 is 2.00 bits per heavy atom. The molecule has 0 atom stereocenters. The zero-order valence-electron chi connectivity index (χ0n) is 13.6. The number of H-pyrrole nitrogens is 1. The van der Waals surface area contributed by atoms with Crippen molar-refractivity contribution in [1.82, 2.24) is 20.4 Å². The lowest BCUT2D eigenvalue weighted by Gasteiger charge is -2.04. The molecule has 7 nitrogen and oxygen atoms in total. The number of hydrogen-bond donors (Lipinski definition) is 2. The molecule has 0 unspecified atom stereocenters. The quantitative estimate of drug-likeness (QED) is 0.602. The third kappa shape index (κ3) is 4.53. The molecule has 1 amide bonds. The Morgan fingerprint density at radius 1 is 1.26 bits per heavy atom. The summed E-state index contributed by atoms with van der Waals surface area (Å²) in [6, 6.07) is 10.0. The minimum Gasteiger partial charge on any atom is -0.346 e. The van der Waals surface area contributed by atoms with Crippen LogP contribution in [0.2, 0.25) is 0 Å². The third-order valence-electron chi connectivity index (χ3n) is 3.51. The van der Waals surface area contributed by atoms with Crippen LogP contribution in [0.3, 0.4) is 0 Å². The van der Waals surface area contributed by atoms with Crippen LogP contribution in [0.25, 0.3) is 0 Å². The normalized spacial score (nSPS) is 11.1. The van der Waals surface area contributed by atoms with Crippen molar-refractivity contribution >= 4 is 28.1 Å². The van der Waals surface area contributed by atoms with E-state index in [-0.39, 0.29) is 12.1 Å². The minimum atomic E-state index is -0.836. The van der Waals surface area contributed by atoms with E-state index >= 15 is 0 Å². The highest BCUT2D eigenvalue weighted by atomic mass is 79.9. The maximum absolute atomic E-state index is 13.6. The van der Waals surface area contributed by atoms with Crippen molar-refractivity contribution in [2.45, 2.75) is 6.54 Å². The second kappa shape index (κ2) is 8.04. The number of carbonyl (C=O) groups excluding carboxylic acids is 1. The monoisotopic (exact) mass is 435 g/mol. The molecule has 0 saturated carbocycles. The number of nitrogens with one attached hydrogen (secondary N) is 2. The Balaban J connectivity index is 1.70. The van der Waals surface area contributed by atoms with Gasteiger partial charge in [0.1, 0.15) is 11.6 Å². The predicted molar refractivity (Wildman–Crippen MR) is 97.5 cm³/mol. The second-order valence-corrected chi connectivity index (χ2v) is 6.31. The molecule has 1 heterocycles. The molecule has 0 bridgehead atoms. The van der Waals surface area contributed by atoms with Gasteiger partial charge < -0.3 is 5.32 Å². The molecule has 0 aliphatic heterocycles. The van der Waals surface area contributed by atoms with E-state index in [1.165, 1.54) is 6.21 Å². The van der Waals surface area contributed by atoms with Gasteiger partial charge in [0.2, 0.25) is 5.69 Å².